The summed E-state index contributed by atoms with van der Waals surface area (Å²) in [5, 5.41) is 10.3. The van der Waals surface area contributed by atoms with Crippen molar-refractivity contribution in [2.75, 3.05) is 6.54 Å². The Balaban J connectivity index is 1.76. The van der Waals surface area contributed by atoms with Gasteiger partial charge in [0.25, 0.3) is 11.5 Å². The molecule has 0 unspecified atom stereocenters. The van der Waals surface area contributed by atoms with Gasteiger partial charge in [-0.2, -0.15) is 5.10 Å². The number of rotatable bonds is 6. The molecular formula is C19H20N4O4. The average molecular weight is 368 g/mol. The maximum atomic E-state index is 12.6. The molecule has 3 aromatic rings. The van der Waals surface area contributed by atoms with Gasteiger partial charge in [0.15, 0.2) is 5.69 Å². The van der Waals surface area contributed by atoms with Crippen molar-refractivity contribution in [1.29, 1.82) is 0 Å². The van der Waals surface area contributed by atoms with E-state index in [-0.39, 0.29) is 36.3 Å². The van der Waals surface area contributed by atoms with E-state index in [1.165, 1.54) is 10.9 Å². The average Bonchev–Trinajstić information content (AvgIpc) is 3.18. The topological polar surface area (TPSA) is 106 Å². The molecular weight excluding hydrogens is 348 g/mol. The van der Waals surface area contributed by atoms with Crippen LogP contribution in [0.1, 0.15) is 36.1 Å². The molecule has 0 spiro atoms. The maximum Gasteiger partial charge on any atom is 0.274 e. The monoisotopic (exact) mass is 368 g/mol. The van der Waals surface area contributed by atoms with Crippen molar-refractivity contribution >= 4 is 22.6 Å². The number of amides is 2. The molecule has 140 valence electrons. The third-order valence-corrected chi connectivity index (χ3v) is 3.98. The van der Waals surface area contributed by atoms with Crippen LogP contribution in [0.3, 0.4) is 0 Å². The van der Waals surface area contributed by atoms with Crippen LogP contribution in [-0.4, -0.2) is 28.1 Å². The number of carbonyl (C=O) groups is 2. The van der Waals surface area contributed by atoms with Gasteiger partial charge in [-0.25, -0.2) is 4.68 Å². The number of aromatic nitrogens is 2. The molecule has 0 bridgehead atoms. The molecule has 2 N–H and O–H groups in total. The number of hydrogen-bond donors (Lipinski definition) is 2. The lowest BCUT2D eigenvalue weighted by Crippen LogP contribution is -2.38. The van der Waals surface area contributed by atoms with E-state index in [1.54, 1.807) is 36.4 Å². The van der Waals surface area contributed by atoms with E-state index < -0.39 is 5.91 Å². The molecule has 2 amide bonds. The van der Waals surface area contributed by atoms with Gasteiger partial charge in [0, 0.05) is 5.39 Å². The Morgan fingerprint density at radius 3 is 2.52 bits per heavy atom. The van der Waals surface area contributed by atoms with Crippen molar-refractivity contribution in [3.05, 3.63) is 64.5 Å². The van der Waals surface area contributed by atoms with Crippen LogP contribution in [0.4, 0.5) is 0 Å². The van der Waals surface area contributed by atoms with Gasteiger partial charge in [0.2, 0.25) is 5.91 Å². The minimum Gasteiger partial charge on any atom is -0.467 e. The standard InChI is InChI=1S/C19H20N4O4/c1-12(2)23-19(26)15-8-4-3-7-14(15)17(22-23)18(25)21-11-16(24)20-10-13-6-5-9-27-13/h3-9,12H,10-11H2,1-2H3,(H,20,24)(H,21,25). The number of furan rings is 1. The van der Waals surface area contributed by atoms with E-state index in [0.717, 1.165) is 0 Å². The first-order chi connectivity index (χ1) is 13.0. The number of nitrogens with zero attached hydrogens (tertiary/aromatic N) is 2. The Hall–Kier alpha value is -3.42. The molecule has 2 heterocycles. The predicted molar refractivity (Wildman–Crippen MR) is 99.3 cm³/mol. The number of nitrogens with one attached hydrogen (secondary N) is 2. The Kier molecular flexibility index (Phi) is 5.35. The van der Waals surface area contributed by atoms with E-state index in [1.807, 2.05) is 13.8 Å². The van der Waals surface area contributed by atoms with Gasteiger partial charge in [0.05, 0.1) is 30.8 Å². The SMILES string of the molecule is CC(C)n1nc(C(=O)NCC(=O)NCc2ccco2)c2ccccc2c1=O. The fraction of sp³-hybridized carbons (Fsp3) is 0.263. The lowest BCUT2D eigenvalue weighted by Gasteiger charge is -2.13. The first kappa shape index (κ1) is 18.4. The molecule has 0 aliphatic heterocycles. The summed E-state index contributed by atoms with van der Waals surface area (Å²) in [6.07, 6.45) is 1.52. The summed E-state index contributed by atoms with van der Waals surface area (Å²) in [5.41, 5.74) is -0.147. The fourth-order valence-electron chi connectivity index (χ4n) is 2.63. The number of hydrogen-bond acceptors (Lipinski definition) is 5. The molecule has 0 aliphatic rings. The minimum absolute atomic E-state index is 0.109. The van der Waals surface area contributed by atoms with Crippen molar-refractivity contribution in [1.82, 2.24) is 20.4 Å². The first-order valence-corrected chi connectivity index (χ1v) is 8.56. The van der Waals surface area contributed by atoms with Crippen LogP contribution in [0.2, 0.25) is 0 Å². The Bertz CT molecular complexity index is 1020. The van der Waals surface area contributed by atoms with Crippen molar-refractivity contribution in [3.8, 4) is 0 Å². The highest BCUT2D eigenvalue weighted by atomic mass is 16.3. The molecule has 8 nitrogen and oxygen atoms in total. The summed E-state index contributed by atoms with van der Waals surface area (Å²) in [5.74, 6) is -0.263. The summed E-state index contributed by atoms with van der Waals surface area (Å²) >= 11 is 0. The second-order valence-corrected chi connectivity index (χ2v) is 6.28. The number of benzene rings is 1. The largest absolute Gasteiger partial charge is 0.467 e. The lowest BCUT2D eigenvalue weighted by atomic mass is 10.1. The van der Waals surface area contributed by atoms with Gasteiger partial charge in [-0.15, -0.1) is 0 Å². The second-order valence-electron chi connectivity index (χ2n) is 6.28. The molecule has 2 aromatic heterocycles. The second kappa shape index (κ2) is 7.86. The number of fused-ring (bicyclic) bond motifs is 1. The minimum atomic E-state index is -0.520. The molecule has 0 fully saturated rings. The molecule has 0 saturated carbocycles. The van der Waals surface area contributed by atoms with E-state index in [4.69, 9.17) is 4.42 Å². The predicted octanol–water partition coefficient (Wildman–Crippen LogP) is 1.62. The van der Waals surface area contributed by atoms with Crippen LogP contribution in [0.5, 0.6) is 0 Å². The third kappa shape index (κ3) is 4.05. The summed E-state index contributed by atoms with van der Waals surface area (Å²) < 4.78 is 6.40. The maximum absolute atomic E-state index is 12.6. The zero-order valence-corrected chi connectivity index (χ0v) is 15.1. The van der Waals surface area contributed by atoms with Gasteiger partial charge in [-0.05, 0) is 32.0 Å². The van der Waals surface area contributed by atoms with Crippen LogP contribution in [0.25, 0.3) is 10.8 Å². The van der Waals surface area contributed by atoms with Gasteiger partial charge in [0.1, 0.15) is 5.76 Å². The molecule has 0 saturated heterocycles. The molecule has 8 heteroatoms. The summed E-state index contributed by atoms with van der Waals surface area (Å²) in [6, 6.07) is 10.1. The Labute approximate surface area is 155 Å². The summed E-state index contributed by atoms with van der Waals surface area (Å²) in [7, 11) is 0. The highest BCUT2D eigenvalue weighted by Gasteiger charge is 2.18. The van der Waals surface area contributed by atoms with Crippen LogP contribution >= 0.6 is 0 Å². The summed E-state index contributed by atoms with van der Waals surface area (Å²) in [6.45, 7) is 3.65. The van der Waals surface area contributed by atoms with Gasteiger partial charge >= 0.3 is 0 Å². The zero-order chi connectivity index (χ0) is 19.4. The van der Waals surface area contributed by atoms with Crippen LogP contribution in [-0.2, 0) is 11.3 Å². The van der Waals surface area contributed by atoms with E-state index in [0.29, 0.717) is 16.5 Å². The van der Waals surface area contributed by atoms with Crippen LogP contribution < -0.4 is 16.2 Å². The van der Waals surface area contributed by atoms with Crippen LogP contribution in [0, 0.1) is 0 Å². The van der Waals surface area contributed by atoms with Gasteiger partial charge < -0.3 is 15.1 Å². The normalized spacial score (nSPS) is 10.9. The van der Waals surface area contributed by atoms with Crippen molar-refractivity contribution < 1.29 is 14.0 Å². The van der Waals surface area contributed by atoms with Crippen molar-refractivity contribution in [2.45, 2.75) is 26.4 Å². The van der Waals surface area contributed by atoms with Gasteiger partial charge in [-0.3, -0.25) is 14.4 Å². The Morgan fingerprint density at radius 2 is 1.85 bits per heavy atom. The number of carbonyl (C=O) groups excluding carboxylic acids is 2. The quantitative estimate of drug-likeness (QED) is 0.688. The third-order valence-electron chi connectivity index (χ3n) is 3.98. The smallest absolute Gasteiger partial charge is 0.274 e. The molecule has 0 aliphatic carbocycles. The molecule has 27 heavy (non-hydrogen) atoms. The fourth-order valence-corrected chi connectivity index (χ4v) is 2.63. The van der Waals surface area contributed by atoms with Crippen molar-refractivity contribution in [2.24, 2.45) is 0 Å². The molecule has 3 rings (SSSR count). The van der Waals surface area contributed by atoms with E-state index in [2.05, 4.69) is 15.7 Å². The van der Waals surface area contributed by atoms with Crippen molar-refractivity contribution in [3.63, 3.8) is 0 Å². The first-order valence-electron chi connectivity index (χ1n) is 8.56. The van der Waals surface area contributed by atoms with Gasteiger partial charge in [-0.1, -0.05) is 18.2 Å². The zero-order valence-electron chi connectivity index (χ0n) is 15.1. The Morgan fingerprint density at radius 1 is 1.11 bits per heavy atom. The molecule has 0 radical (unpaired) electrons. The highest BCUT2D eigenvalue weighted by molar-refractivity contribution is 6.05. The summed E-state index contributed by atoms with van der Waals surface area (Å²) in [4.78, 5) is 37.0. The van der Waals surface area contributed by atoms with E-state index in [9.17, 15) is 14.4 Å². The lowest BCUT2D eigenvalue weighted by molar-refractivity contribution is -0.120. The molecule has 1 aromatic carbocycles. The highest BCUT2D eigenvalue weighted by Crippen LogP contribution is 2.14. The molecule has 0 atom stereocenters. The van der Waals surface area contributed by atoms with Crippen LogP contribution in [0.15, 0.2) is 51.9 Å². The van der Waals surface area contributed by atoms with E-state index >= 15 is 0 Å².